The zero-order valence-electron chi connectivity index (χ0n) is 7.16. The molecule has 5 heteroatoms. The summed E-state index contributed by atoms with van der Waals surface area (Å²) >= 11 is 5.34. The number of hydrogen-bond donors (Lipinski definition) is 0. The molecule has 0 saturated heterocycles. The second-order valence-electron chi connectivity index (χ2n) is 3.18. The van der Waals surface area contributed by atoms with Crippen LogP contribution in [0.4, 0.5) is 0 Å². The number of alkyl halides is 1. The molecule has 1 saturated carbocycles. The third kappa shape index (κ3) is 2.12. The molecule has 0 N–H and O–H groups in total. The van der Waals surface area contributed by atoms with Crippen molar-refractivity contribution in [3.8, 4) is 0 Å². The standard InChI is InChI=1S/C7H14ClNO2S/c1-9(12(10,11)6-8)7-4-2-3-5-7/h7H,2-6H2,1H3. The highest BCUT2D eigenvalue weighted by Crippen LogP contribution is 2.24. The topological polar surface area (TPSA) is 37.4 Å². The summed E-state index contributed by atoms with van der Waals surface area (Å²) in [5, 5.41) is -0.306. The highest BCUT2D eigenvalue weighted by Gasteiger charge is 2.27. The molecule has 0 aromatic rings. The number of halogens is 1. The van der Waals surface area contributed by atoms with E-state index in [4.69, 9.17) is 11.6 Å². The Morgan fingerprint density at radius 1 is 1.42 bits per heavy atom. The van der Waals surface area contributed by atoms with E-state index < -0.39 is 10.0 Å². The largest absolute Gasteiger partial charge is 0.228 e. The Hall–Kier alpha value is 0.200. The molecule has 0 bridgehead atoms. The van der Waals surface area contributed by atoms with E-state index in [1.165, 1.54) is 4.31 Å². The van der Waals surface area contributed by atoms with E-state index in [1.54, 1.807) is 7.05 Å². The van der Waals surface area contributed by atoms with Gasteiger partial charge in [0.2, 0.25) is 10.0 Å². The van der Waals surface area contributed by atoms with Gasteiger partial charge in [-0.2, -0.15) is 0 Å². The maximum atomic E-state index is 11.3. The summed E-state index contributed by atoms with van der Waals surface area (Å²) < 4.78 is 24.0. The van der Waals surface area contributed by atoms with Crippen LogP contribution in [0.1, 0.15) is 25.7 Å². The van der Waals surface area contributed by atoms with Gasteiger partial charge in [-0.3, -0.25) is 0 Å². The quantitative estimate of drug-likeness (QED) is 0.662. The summed E-state index contributed by atoms with van der Waals surface area (Å²) in [5.74, 6) is 0. The van der Waals surface area contributed by atoms with Gasteiger partial charge in [-0.15, -0.1) is 11.6 Å². The lowest BCUT2D eigenvalue weighted by atomic mass is 10.3. The van der Waals surface area contributed by atoms with E-state index in [2.05, 4.69) is 0 Å². The van der Waals surface area contributed by atoms with Gasteiger partial charge in [0.15, 0.2) is 0 Å². The first kappa shape index (κ1) is 10.3. The lowest BCUT2D eigenvalue weighted by Crippen LogP contribution is -2.35. The number of sulfonamides is 1. The first-order valence-corrected chi connectivity index (χ1v) is 6.24. The summed E-state index contributed by atoms with van der Waals surface area (Å²) in [7, 11) is -1.56. The summed E-state index contributed by atoms with van der Waals surface area (Å²) in [6.07, 6.45) is 4.22. The van der Waals surface area contributed by atoms with Crippen LogP contribution >= 0.6 is 11.6 Å². The fourth-order valence-corrected chi connectivity index (χ4v) is 2.85. The van der Waals surface area contributed by atoms with Crippen molar-refractivity contribution in [1.82, 2.24) is 4.31 Å². The van der Waals surface area contributed by atoms with Crippen molar-refractivity contribution in [2.24, 2.45) is 0 Å². The molecule has 0 atom stereocenters. The molecule has 0 aromatic heterocycles. The number of rotatable bonds is 3. The van der Waals surface area contributed by atoms with E-state index in [1.807, 2.05) is 0 Å². The van der Waals surface area contributed by atoms with Crippen LogP contribution in [0.15, 0.2) is 0 Å². The maximum Gasteiger partial charge on any atom is 0.228 e. The van der Waals surface area contributed by atoms with Gasteiger partial charge in [-0.05, 0) is 12.8 Å². The van der Waals surface area contributed by atoms with Crippen LogP contribution in [0, 0.1) is 0 Å². The van der Waals surface area contributed by atoms with Crippen LogP contribution in [0.5, 0.6) is 0 Å². The van der Waals surface area contributed by atoms with Gasteiger partial charge in [0.05, 0.1) is 0 Å². The normalized spacial score (nSPS) is 20.6. The highest BCUT2D eigenvalue weighted by atomic mass is 35.5. The van der Waals surface area contributed by atoms with Crippen LogP contribution in [0.2, 0.25) is 0 Å². The molecule has 1 aliphatic rings. The summed E-state index contributed by atoms with van der Waals surface area (Å²) in [5.41, 5.74) is 0. The Morgan fingerprint density at radius 2 is 1.92 bits per heavy atom. The lowest BCUT2D eigenvalue weighted by molar-refractivity contribution is 0.375. The predicted octanol–water partition coefficient (Wildman–Crippen LogP) is 1.39. The van der Waals surface area contributed by atoms with Gasteiger partial charge in [0, 0.05) is 13.1 Å². The minimum absolute atomic E-state index is 0.189. The van der Waals surface area contributed by atoms with Crippen LogP contribution in [0.25, 0.3) is 0 Å². The summed E-state index contributed by atoms with van der Waals surface area (Å²) in [4.78, 5) is 0. The van der Waals surface area contributed by atoms with E-state index in [9.17, 15) is 8.42 Å². The average Bonchev–Trinajstić information content (AvgIpc) is 2.55. The van der Waals surface area contributed by atoms with Gasteiger partial charge in [0.1, 0.15) is 5.21 Å². The Labute approximate surface area is 78.7 Å². The van der Waals surface area contributed by atoms with Crippen molar-refractivity contribution in [3.05, 3.63) is 0 Å². The second-order valence-corrected chi connectivity index (χ2v) is 5.79. The third-order valence-corrected chi connectivity index (χ3v) is 4.69. The van der Waals surface area contributed by atoms with Gasteiger partial charge in [0.25, 0.3) is 0 Å². The SMILES string of the molecule is CN(C1CCCC1)S(=O)(=O)CCl. The second kappa shape index (κ2) is 3.94. The zero-order valence-corrected chi connectivity index (χ0v) is 8.74. The monoisotopic (exact) mass is 211 g/mol. The minimum atomic E-state index is -3.18. The Morgan fingerprint density at radius 3 is 2.33 bits per heavy atom. The van der Waals surface area contributed by atoms with Gasteiger partial charge in [-0.25, -0.2) is 12.7 Å². The minimum Gasteiger partial charge on any atom is -0.211 e. The molecule has 0 spiro atoms. The fraction of sp³-hybridized carbons (Fsp3) is 1.00. The van der Waals surface area contributed by atoms with Crippen molar-refractivity contribution in [2.75, 3.05) is 12.3 Å². The molecule has 0 radical (unpaired) electrons. The van der Waals surface area contributed by atoms with Crippen molar-refractivity contribution in [3.63, 3.8) is 0 Å². The Bertz CT molecular complexity index is 234. The van der Waals surface area contributed by atoms with E-state index in [-0.39, 0.29) is 11.3 Å². The van der Waals surface area contributed by atoms with Gasteiger partial charge in [-0.1, -0.05) is 12.8 Å². The van der Waals surface area contributed by atoms with Gasteiger partial charge < -0.3 is 0 Å². The average molecular weight is 212 g/mol. The molecule has 72 valence electrons. The molecule has 12 heavy (non-hydrogen) atoms. The molecule has 0 heterocycles. The Kier molecular flexibility index (Phi) is 3.37. The molecule has 0 unspecified atom stereocenters. The van der Waals surface area contributed by atoms with Gasteiger partial charge >= 0.3 is 0 Å². The molecule has 1 rings (SSSR count). The van der Waals surface area contributed by atoms with Crippen molar-refractivity contribution >= 4 is 21.6 Å². The molecule has 3 nitrogen and oxygen atoms in total. The summed E-state index contributed by atoms with van der Waals surface area (Å²) in [6.45, 7) is 0. The number of nitrogens with zero attached hydrogens (tertiary/aromatic N) is 1. The van der Waals surface area contributed by atoms with Crippen LogP contribution in [-0.4, -0.2) is 31.0 Å². The number of hydrogen-bond acceptors (Lipinski definition) is 2. The van der Waals surface area contributed by atoms with Crippen molar-refractivity contribution in [1.29, 1.82) is 0 Å². The summed E-state index contributed by atoms with van der Waals surface area (Å²) in [6, 6.07) is 0.189. The van der Waals surface area contributed by atoms with Crippen molar-refractivity contribution in [2.45, 2.75) is 31.7 Å². The highest BCUT2D eigenvalue weighted by molar-refractivity contribution is 7.90. The molecule has 0 amide bonds. The predicted molar refractivity (Wildman–Crippen MR) is 49.7 cm³/mol. The van der Waals surface area contributed by atoms with Crippen LogP contribution < -0.4 is 0 Å². The van der Waals surface area contributed by atoms with Crippen LogP contribution in [0.3, 0.4) is 0 Å². The zero-order chi connectivity index (χ0) is 9.19. The van der Waals surface area contributed by atoms with E-state index in [0.29, 0.717) is 0 Å². The molecule has 0 aromatic carbocycles. The van der Waals surface area contributed by atoms with Crippen molar-refractivity contribution < 1.29 is 8.42 Å². The van der Waals surface area contributed by atoms with E-state index >= 15 is 0 Å². The first-order chi connectivity index (χ1) is 5.58. The third-order valence-electron chi connectivity index (χ3n) is 2.42. The first-order valence-electron chi connectivity index (χ1n) is 4.09. The molecule has 1 aliphatic carbocycles. The molecule has 0 aliphatic heterocycles. The molecular weight excluding hydrogens is 198 g/mol. The maximum absolute atomic E-state index is 11.3. The van der Waals surface area contributed by atoms with E-state index in [0.717, 1.165) is 25.7 Å². The molecular formula is C7H14ClNO2S. The van der Waals surface area contributed by atoms with Crippen LogP contribution in [-0.2, 0) is 10.0 Å². The smallest absolute Gasteiger partial charge is 0.211 e. The lowest BCUT2D eigenvalue weighted by Gasteiger charge is -2.21. The fourth-order valence-electron chi connectivity index (χ4n) is 1.57. The molecule has 1 fully saturated rings. The Balaban J connectivity index is 2.63.